The monoisotopic (exact) mass is 218 g/mol. The smallest absolute Gasteiger partial charge is 0.138 e. The van der Waals surface area contributed by atoms with Crippen LogP contribution in [0.25, 0.3) is 0 Å². The van der Waals surface area contributed by atoms with Gasteiger partial charge in [-0.05, 0) is 18.2 Å². The fraction of sp³-hybridized carbons (Fsp3) is 0.125. The van der Waals surface area contributed by atoms with Crippen LogP contribution in [0.2, 0.25) is 5.02 Å². The number of amides is 1. The quantitative estimate of drug-likeness (QED) is 0.787. The molecular weight excluding hydrogens is 208 g/mol. The zero-order valence-electron chi connectivity index (χ0n) is 7.83. The van der Waals surface area contributed by atoms with Gasteiger partial charge < -0.3 is 26.1 Å². The largest absolute Gasteiger partial charge is 0.530 e. The van der Waals surface area contributed by atoms with Gasteiger partial charge in [0, 0.05) is 5.69 Å². The van der Waals surface area contributed by atoms with Crippen molar-refractivity contribution >= 4 is 23.4 Å². The summed E-state index contributed by atoms with van der Waals surface area (Å²) in [5.74, 6) is 0.491. The summed E-state index contributed by atoms with van der Waals surface area (Å²) in [5, 5.41) is 12.5. The van der Waals surface area contributed by atoms with Gasteiger partial charge in [-0.15, -0.1) is 0 Å². The molecule has 0 unspecified atom stereocenters. The highest BCUT2D eigenvalue weighted by atomic mass is 35.5. The number of carbonyl (C=O) groups excluding carboxylic acids is 1. The Hall–Kier alpha value is -1.46. The van der Waals surface area contributed by atoms with Gasteiger partial charge in [0.1, 0.15) is 11.8 Å². The van der Waals surface area contributed by atoms with Crippen LogP contribution >= 0.6 is 11.6 Å². The van der Waals surface area contributed by atoms with E-state index in [1.54, 1.807) is 6.07 Å². The predicted molar refractivity (Wildman–Crippen MR) is 53.0 cm³/mol. The molecule has 5 nitrogen and oxygen atoms in total. The van der Waals surface area contributed by atoms with E-state index in [1.807, 2.05) is 0 Å². The summed E-state index contributed by atoms with van der Waals surface area (Å²) in [6.07, 6.45) is -1.37. The van der Waals surface area contributed by atoms with Gasteiger partial charge in [0.25, 0.3) is 0 Å². The normalized spacial score (nSPS) is 8.71. The molecule has 0 fully saturated rings. The lowest BCUT2D eigenvalue weighted by Gasteiger charge is -2.08. The van der Waals surface area contributed by atoms with Gasteiger partial charge in [-0.25, -0.2) is 0 Å². The lowest BCUT2D eigenvalue weighted by molar-refractivity contribution is -0.242. The molecule has 0 atom stereocenters. The molecule has 78 valence electrons. The molecule has 0 aromatic heterocycles. The first-order valence-electron chi connectivity index (χ1n) is 3.45. The standard InChI is InChI=1S/C8H8ClNO3.H3N/c1-13-7-3-2-5(4-6(7)9)10-8(11)12;/h2-4,10H,1H3,(H,11,12);1H3. The van der Waals surface area contributed by atoms with Crippen LogP contribution < -0.4 is 21.3 Å². The molecule has 0 radical (unpaired) electrons. The van der Waals surface area contributed by atoms with Gasteiger partial charge in [0.05, 0.1) is 12.1 Å². The van der Waals surface area contributed by atoms with E-state index in [9.17, 15) is 9.90 Å². The average molecular weight is 219 g/mol. The van der Waals surface area contributed by atoms with E-state index in [2.05, 4.69) is 5.32 Å². The van der Waals surface area contributed by atoms with Crippen LogP contribution in [0.5, 0.6) is 5.75 Å². The molecule has 0 aliphatic carbocycles. The number of quaternary nitrogens is 1. The van der Waals surface area contributed by atoms with E-state index < -0.39 is 6.09 Å². The molecule has 1 amide bonds. The maximum atomic E-state index is 10.1. The Morgan fingerprint density at radius 1 is 1.57 bits per heavy atom. The molecule has 0 saturated heterocycles. The number of rotatable bonds is 2. The number of methoxy groups -OCH3 is 1. The minimum Gasteiger partial charge on any atom is -0.530 e. The van der Waals surface area contributed by atoms with Crippen molar-refractivity contribution in [3.63, 3.8) is 0 Å². The fourth-order valence-corrected chi connectivity index (χ4v) is 1.12. The summed E-state index contributed by atoms with van der Waals surface area (Å²) in [6.45, 7) is 0. The van der Waals surface area contributed by atoms with Crippen molar-refractivity contribution in [1.82, 2.24) is 6.15 Å². The molecule has 14 heavy (non-hydrogen) atoms. The Balaban J connectivity index is 0.00000169. The highest BCUT2D eigenvalue weighted by Gasteiger charge is 2.00. The van der Waals surface area contributed by atoms with Crippen LogP contribution in [0, 0.1) is 0 Å². The van der Waals surface area contributed by atoms with E-state index in [-0.39, 0.29) is 6.15 Å². The molecule has 6 heteroatoms. The van der Waals surface area contributed by atoms with E-state index in [0.717, 1.165) is 0 Å². The molecule has 0 aliphatic rings. The minimum absolute atomic E-state index is 0. The number of ether oxygens (including phenoxy) is 1. The Morgan fingerprint density at radius 3 is 2.64 bits per heavy atom. The highest BCUT2D eigenvalue weighted by Crippen LogP contribution is 2.26. The first kappa shape index (κ1) is 12.5. The summed E-state index contributed by atoms with van der Waals surface area (Å²) in [5.41, 5.74) is 0.353. The molecule has 0 heterocycles. The van der Waals surface area contributed by atoms with Crippen LogP contribution in [-0.4, -0.2) is 13.2 Å². The lowest BCUT2D eigenvalue weighted by Crippen LogP contribution is -2.28. The van der Waals surface area contributed by atoms with E-state index >= 15 is 0 Å². The van der Waals surface area contributed by atoms with Crippen molar-refractivity contribution in [1.29, 1.82) is 0 Å². The van der Waals surface area contributed by atoms with Crippen molar-refractivity contribution in [2.75, 3.05) is 12.4 Å². The third kappa shape index (κ3) is 3.12. The number of halogens is 1. The van der Waals surface area contributed by atoms with Gasteiger partial charge in [-0.3, -0.25) is 0 Å². The summed E-state index contributed by atoms with van der Waals surface area (Å²) in [7, 11) is 1.48. The molecule has 1 aromatic rings. The molecule has 1 rings (SSSR count). The van der Waals surface area contributed by atoms with Crippen LogP contribution in [-0.2, 0) is 0 Å². The second-order valence-corrected chi connectivity index (χ2v) is 2.67. The van der Waals surface area contributed by atoms with Crippen LogP contribution in [0.1, 0.15) is 0 Å². The zero-order valence-corrected chi connectivity index (χ0v) is 8.59. The first-order valence-corrected chi connectivity index (χ1v) is 3.83. The molecule has 0 aliphatic heterocycles. The number of carboxylic acid groups (broad SMARTS) is 1. The van der Waals surface area contributed by atoms with Crippen molar-refractivity contribution < 1.29 is 14.6 Å². The maximum Gasteiger partial charge on any atom is 0.138 e. The second-order valence-electron chi connectivity index (χ2n) is 2.26. The molecule has 0 saturated carbocycles. The number of nitrogens with one attached hydrogen (secondary N) is 1. The summed E-state index contributed by atoms with van der Waals surface area (Å²) in [6, 6.07) is 4.53. The Kier molecular flexibility index (Phi) is 4.76. The van der Waals surface area contributed by atoms with E-state index in [4.69, 9.17) is 16.3 Å². The predicted octanol–water partition coefficient (Wildman–Crippen LogP) is 1.48. The van der Waals surface area contributed by atoms with Crippen LogP contribution in [0.4, 0.5) is 10.5 Å². The fourth-order valence-electron chi connectivity index (χ4n) is 0.862. The molecular formula is C8H11ClN2O3. The lowest BCUT2D eigenvalue weighted by atomic mass is 10.3. The summed E-state index contributed by atoms with van der Waals surface area (Å²) >= 11 is 5.73. The number of carbonyl (C=O) groups is 1. The van der Waals surface area contributed by atoms with Gasteiger partial charge in [-0.1, -0.05) is 11.6 Å². The maximum absolute atomic E-state index is 10.1. The van der Waals surface area contributed by atoms with Crippen LogP contribution in [0.3, 0.4) is 0 Å². The molecule has 5 N–H and O–H groups in total. The van der Waals surface area contributed by atoms with Crippen molar-refractivity contribution in [2.24, 2.45) is 0 Å². The summed E-state index contributed by atoms with van der Waals surface area (Å²) < 4.78 is 4.88. The van der Waals surface area contributed by atoms with Crippen molar-refractivity contribution in [3.05, 3.63) is 23.2 Å². The van der Waals surface area contributed by atoms with Gasteiger partial charge in [0.2, 0.25) is 0 Å². The highest BCUT2D eigenvalue weighted by molar-refractivity contribution is 6.32. The average Bonchev–Trinajstić information content (AvgIpc) is 2.03. The van der Waals surface area contributed by atoms with E-state index in [1.165, 1.54) is 19.2 Å². The van der Waals surface area contributed by atoms with Crippen molar-refractivity contribution in [2.45, 2.75) is 0 Å². The first-order chi connectivity index (χ1) is 6.13. The Bertz CT molecular complexity index is 330. The van der Waals surface area contributed by atoms with Crippen LogP contribution in [0.15, 0.2) is 18.2 Å². The number of hydrogen-bond donors (Lipinski definition) is 2. The topological polar surface area (TPSA) is 97.9 Å². The SMILES string of the molecule is COc1ccc(NC(=O)[O-])cc1Cl.[NH4+]. The van der Waals surface area contributed by atoms with Gasteiger partial charge in [0.15, 0.2) is 0 Å². The second kappa shape index (κ2) is 5.31. The third-order valence-electron chi connectivity index (χ3n) is 1.40. The third-order valence-corrected chi connectivity index (χ3v) is 1.69. The Labute approximate surface area is 86.2 Å². The minimum atomic E-state index is -1.37. The number of anilines is 1. The summed E-state index contributed by atoms with van der Waals surface area (Å²) in [4.78, 5) is 10.1. The number of benzene rings is 1. The zero-order chi connectivity index (χ0) is 9.84. The molecule has 1 aromatic carbocycles. The van der Waals surface area contributed by atoms with Crippen molar-refractivity contribution in [3.8, 4) is 5.75 Å². The number of hydrogen-bond acceptors (Lipinski definition) is 3. The van der Waals surface area contributed by atoms with E-state index in [0.29, 0.717) is 16.5 Å². The molecule has 0 spiro atoms. The van der Waals surface area contributed by atoms with Gasteiger partial charge >= 0.3 is 0 Å². The molecule has 0 bridgehead atoms. The van der Waals surface area contributed by atoms with Gasteiger partial charge in [-0.2, -0.15) is 0 Å². The Morgan fingerprint density at radius 2 is 2.21 bits per heavy atom.